The summed E-state index contributed by atoms with van der Waals surface area (Å²) in [6.45, 7) is 12.2. The highest BCUT2D eigenvalue weighted by Gasteiger charge is 2.35. The summed E-state index contributed by atoms with van der Waals surface area (Å²) in [6.07, 6.45) is -0.801. The standard InChI is InChI=1S/C25H32N2O4/c1-24(2,3)16-12-15(13-17(21(16)28)25(4,5)6)23(30)27-14-20(22(29)26-7)31-19-11-9-8-10-18(19)27/h8-13,20,28H,14H2,1-7H3,(H,26,29)/t20-/m1/s1. The maximum atomic E-state index is 13.7. The van der Waals surface area contributed by atoms with Gasteiger partial charge >= 0.3 is 0 Å². The van der Waals surface area contributed by atoms with Crippen LogP contribution in [0, 0.1) is 0 Å². The number of ether oxygens (including phenoxy) is 1. The molecule has 1 atom stereocenters. The van der Waals surface area contributed by atoms with E-state index in [1.54, 1.807) is 30.1 Å². The molecule has 0 unspecified atom stereocenters. The molecule has 3 rings (SSSR count). The van der Waals surface area contributed by atoms with Gasteiger partial charge in [0.2, 0.25) is 0 Å². The van der Waals surface area contributed by atoms with E-state index in [0.717, 1.165) is 0 Å². The van der Waals surface area contributed by atoms with E-state index >= 15 is 0 Å². The van der Waals surface area contributed by atoms with Crippen LogP contribution >= 0.6 is 0 Å². The first kappa shape index (κ1) is 22.7. The Hall–Kier alpha value is -3.02. The summed E-state index contributed by atoms with van der Waals surface area (Å²) in [5, 5.41) is 13.6. The first-order valence-corrected chi connectivity index (χ1v) is 10.5. The Morgan fingerprint density at radius 2 is 1.58 bits per heavy atom. The van der Waals surface area contributed by atoms with E-state index in [1.807, 2.05) is 59.7 Å². The number of amides is 2. The van der Waals surface area contributed by atoms with Gasteiger partial charge in [-0.05, 0) is 35.1 Å². The van der Waals surface area contributed by atoms with E-state index in [1.165, 1.54) is 0 Å². The van der Waals surface area contributed by atoms with Crippen molar-refractivity contribution in [3.63, 3.8) is 0 Å². The smallest absolute Gasteiger partial charge is 0.262 e. The number of aromatic hydroxyl groups is 1. The summed E-state index contributed by atoms with van der Waals surface area (Å²) in [5.41, 5.74) is 1.82. The van der Waals surface area contributed by atoms with Crippen molar-refractivity contribution in [2.45, 2.75) is 58.5 Å². The average molecular weight is 425 g/mol. The molecule has 0 aromatic heterocycles. The molecule has 31 heavy (non-hydrogen) atoms. The molecular formula is C25H32N2O4. The molecule has 1 heterocycles. The number of para-hydroxylation sites is 2. The molecule has 2 aromatic carbocycles. The fourth-order valence-electron chi connectivity index (χ4n) is 3.78. The summed E-state index contributed by atoms with van der Waals surface area (Å²) in [7, 11) is 1.55. The van der Waals surface area contributed by atoms with E-state index in [2.05, 4.69) is 5.32 Å². The van der Waals surface area contributed by atoms with Crippen LogP contribution in [0.3, 0.4) is 0 Å². The Balaban J connectivity index is 2.15. The van der Waals surface area contributed by atoms with Crippen LogP contribution < -0.4 is 15.0 Å². The highest BCUT2D eigenvalue weighted by Crippen LogP contribution is 2.41. The fourth-order valence-corrected chi connectivity index (χ4v) is 3.78. The third-order valence-electron chi connectivity index (χ3n) is 5.53. The number of nitrogens with one attached hydrogen (secondary N) is 1. The molecule has 0 radical (unpaired) electrons. The Bertz CT molecular complexity index is 980. The Morgan fingerprint density at radius 3 is 2.10 bits per heavy atom. The van der Waals surface area contributed by atoms with Crippen molar-refractivity contribution in [2.75, 3.05) is 18.5 Å². The Morgan fingerprint density at radius 1 is 1.03 bits per heavy atom. The quantitative estimate of drug-likeness (QED) is 0.759. The predicted molar refractivity (Wildman–Crippen MR) is 122 cm³/mol. The van der Waals surface area contributed by atoms with Gasteiger partial charge in [-0.15, -0.1) is 0 Å². The molecule has 2 N–H and O–H groups in total. The number of hydrogen-bond donors (Lipinski definition) is 2. The first-order valence-electron chi connectivity index (χ1n) is 10.5. The number of carbonyl (C=O) groups is 2. The van der Waals surface area contributed by atoms with E-state index in [4.69, 9.17) is 4.74 Å². The number of hydrogen-bond acceptors (Lipinski definition) is 4. The van der Waals surface area contributed by atoms with Gasteiger partial charge in [0.15, 0.2) is 6.10 Å². The average Bonchev–Trinajstić information content (AvgIpc) is 2.70. The van der Waals surface area contributed by atoms with Gasteiger partial charge in [0.05, 0.1) is 12.2 Å². The van der Waals surface area contributed by atoms with Crippen LogP contribution in [0.25, 0.3) is 0 Å². The number of phenolic OH excluding ortho intramolecular Hbond substituents is 1. The van der Waals surface area contributed by atoms with E-state index in [0.29, 0.717) is 28.1 Å². The number of carbonyl (C=O) groups excluding carboxylic acids is 2. The highest BCUT2D eigenvalue weighted by atomic mass is 16.5. The van der Waals surface area contributed by atoms with Crippen LogP contribution in [0.15, 0.2) is 36.4 Å². The Kier molecular flexibility index (Phi) is 5.78. The fraction of sp³-hybridized carbons (Fsp3) is 0.440. The molecule has 1 aliphatic rings. The minimum absolute atomic E-state index is 0.103. The number of anilines is 1. The SMILES string of the molecule is CNC(=O)[C@H]1CN(C(=O)c2cc(C(C)(C)C)c(O)c(C(C)(C)C)c2)c2ccccc2O1. The van der Waals surface area contributed by atoms with Crippen molar-refractivity contribution in [3.8, 4) is 11.5 Å². The summed E-state index contributed by atoms with van der Waals surface area (Å²) in [6, 6.07) is 10.7. The summed E-state index contributed by atoms with van der Waals surface area (Å²) < 4.78 is 5.83. The molecule has 166 valence electrons. The van der Waals surface area contributed by atoms with Gasteiger partial charge < -0.3 is 20.1 Å². The lowest BCUT2D eigenvalue weighted by molar-refractivity contribution is -0.127. The number of fused-ring (bicyclic) bond motifs is 1. The zero-order valence-electron chi connectivity index (χ0n) is 19.4. The third kappa shape index (κ3) is 4.38. The second-order valence-corrected chi connectivity index (χ2v) is 10.0. The molecule has 6 nitrogen and oxygen atoms in total. The third-order valence-corrected chi connectivity index (χ3v) is 5.53. The van der Waals surface area contributed by atoms with Crippen LogP contribution in [0.1, 0.15) is 63.0 Å². The van der Waals surface area contributed by atoms with Crippen molar-refractivity contribution in [3.05, 3.63) is 53.1 Å². The van der Waals surface area contributed by atoms with Gasteiger partial charge in [-0.2, -0.15) is 0 Å². The summed E-state index contributed by atoms with van der Waals surface area (Å²) in [5.74, 6) is 0.188. The molecule has 0 fully saturated rings. The van der Waals surface area contributed by atoms with Gasteiger partial charge in [0.1, 0.15) is 11.5 Å². The van der Waals surface area contributed by atoms with E-state index < -0.39 is 6.10 Å². The number of phenols is 1. The van der Waals surface area contributed by atoms with Crippen molar-refractivity contribution in [1.29, 1.82) is 0 Å². The summed E-state index contributed by atoms with van der Waals surface area (Å²) in [4.78, 5) is 27.6. The molecule has 2 aromatic rings. The van der Waals surface area contributed by atoms with Crippen molar-refractivity contribution in [2.24, 2.45) is 0 Å². The lowest BCUT2D eigenvalue weighted by atomic mass is 9.78. The molecule has 2 amide bonds. The second-order valence-electron chi connectivity index (χ2n) is 10.0. The van der Waals surface area contributed by atoms with Gasteiger partial charge in [0.25, 0.3) is 11.8 Å². The van der Waals surface area contributed by atoms with Crippen LogP contribution in [0.5, 0.6) is 11.5 Å². The van der Waals surface area contributed by atoms with Crippen LogP contribution in [-0.4, -0.2) is 36.6 Å². The minimum Gasteiger partial charge on any atom is -0.507 e. The molecule has 0 aliphatic carbocycles. The number of likely N-dealkylation sites (N-methyl/N-ethyl adjacent to an activating group) is 1. The molecule has 0 saturated carbocycles. The first-order chi connectivity index (χ1) is 14.3. The minimum atomic E-state index is -0.801. The number of nitrogens with zero attached hydrogens (tertiary/aromatic N) is 1. The molecule has 0 bridgehead atoms. The van der Waals surface area contributed by atoms with Crippen LogP contribution in [-0.2, 0) is 15.6 Å². The summed E-state index contributed by atoms with van der Waals surface area (Å²) >= 11 is 0. The monoisotopic (exact) mass is 424 g/mol. The lowest BCUT2D eigenvalue weighted by Crippen LogP contribution is -2.50. The van der Waals surface area contributed by atoms with Crippen molar-refractivity contribution in [1.82, 2.24) is 5.32 Å². The second kappa shape index (κ2) is 7.91. The topological polar surface area (TPSA) is 78.9 Å². The highest BCUT2D eigenvalue weighted by molar-refractivity contribution is 6.08. The normalized spacial score (nSPS) is 16.4. The molecular weight excluding hydrogens is 392 g/mol. The Labute approximate surface area is 184 Å². The van der Waals surface area contributed by atoms with Crippen molar-refractivity contribution >= 4 is 17.5 Å². The number of rotatable bonds is 2. The molecule has 6 heteroatoms. The molecule has 1 aliphatic heterocycles. The van der Waals surface area contributed by atoms with Crippen LogP contribution in [0.2, 0.25) is 0 Å². The van der Waals surface area contributed by atoms with Gasteiger partial charge in [-0.1, -0.05) is 53.7 Å². The maximum absolute atomic E-state index is 13.7. The van der Waals surface area contributed by atoms with Crippen molar-refractivity contribution < 1.29 is 19.4 Å². The van der Waals surface area contributed by atoms with Gasteiger partial charge in [-0.3, -0.25) is 9.59 Å². The largest absolute Gasteiger partial charge is 0.507 e. The maximum Gasteiger partial charge on any atom is 0.262 e. The lowest BCUT2D eigenvalue weighted by Gasteiger charge is -2.35. The zero-order valence-corrected chi connectivity index (χ0v) is 19.4. The predicted octanol–water partition coefficient (Wildman–Crippen LogP) is 4.14. The van der Waals surface area contributed by atoms with Gasteiger partial charge in [-0.25, -0.2) is 0 Å². The van der Waals surface area contributed by atoms with E-state index in [9.17, 15) is 14.7 Å². The van der Waals surface area contributed by atoms with Crippen LogP contribution in [0.4, 0.5) is 5.69 Å². The molecule has 0 saturated heterocycles. The molecule has 0 spiro atoms. The zero-order chi connectivity index (χ0) is 23.1. The number of benzene rings is 2. The van der Waals surface area contributed by atoms with Gasteiger partial charge in [0, 0.05) is 23.7 Å². The van der Waals surface area contributed by atoms with E-state index in [-0.39, 0.29) is 34.9 Å².